The van der Waals surface area contributed by atoms with E-state index in [1.165, 1.54) is 4.90 Å². The fourth-order valence-corrected chi connectivity index (χ4v) is 1.41. The molecule has 0 bridgehead atoms. The zero-order valence-electron chi connectivity index (χ0n) is 6.16. The summed E-state index contributed by atoms with van der Waals surface area (Å²) in [6, 6.07) is 1.93. The Balaban J connectivity index is 2.52. The van der Waals surface area contributed by atoms with Gasteiger partial charge in [-0.1, -0.05) is 0 Å². The van der Waals surface area contributed by atoms with Gasteiger partial charge in [-0.05, 0) is 12.8 Å². The van der Waals surface area contributed by atoms with E-state index in [9.17, 15) is 4.79 Å². The first kappa shape index (κ1) is 7.86. The molecular weight excluding hydrogens is 144 g/mol. The molecule has 0 spiro atoms. The van der Waals surface area contributed by atoms with Crippen molar-refractivity contribution in [2.45, 2.75) is 25.3 Å². The Morgan fingerprint density at radius 1 is 1.82 bits per heavy atom. The van der Waals surface area contributed by atoms with Crippen LogP contribution in [0.3, 0.4) is 0 Å². The molecule has 0 saturated carbocycles. The minimum Gasteiger partial charge on any atom is -0.465 e. The maximum Gasteiger partial charge on any atom is 0.407 e. The van der Waals surface area contributed by atoms with Gasteiger partial charge in [0.25, 0.3) is 0 Å². The third-order valence-corrected chi connectivity index (χ3v) is 1.95. The monoisotopic (exact) mass is 154 g/mol. The molecule has 1 rings (SSSR count). The van der Waals surface area contributed by atoms with E-state index in [1.54, 1.807) is 0 Å². The maximum absolute atomic E-state index is 10.5. The summed E-state index contributed by atoms with van der Waals surface area (Å²) < 4.78 is 0. The lowest BCUT2D eigenvalue weighted by atomic mass is 10.2. The number of carboxylic acid groups (broad SMARTS) is 1. The number of likely N-dealkylation sites (tertiary alicyclic amines) is 1. The van der Waals surface area contributed by atoms with Crippen molar-refractivity contribution in [3.05, 3.63) is 0 Å². The summed E-state index contributed by atoms with van der Waals surface area (Å²) >= 11 is 0. The van der Waals surface area contributed by atoms with Crippen LogP contribution < -0.4 is 0 Å². The molecule has 0 aromatic heterocycles. The van der Waals surface area contributed by atoms with Gasteiger partial charge in [-0.25, -0.2) is 4.79 Å². The van der Waals surface area contributed by atoms with Crippen LogP contribution in [-0.2, 0) is 0 Å². The van der Waals surface area contributed by atoms with Crippen molar-refractivity contribution in [3.8, 4) is 6.07 Å². The second-order valence-corrected chi connectivity index (χ2v) is 2.63. The van der Waals surface area contributed by atoms with Crippen molar-refractivity contribution in [2.75, 3.05) is 6.54 Å². The van der Waals surface area contributed by atoms with Crippen LogP contribution >= 0.6 is 0 Å². The van der Waals surface area contributed by atoms with E-state index in [0.29, 0.717) is 13.0 Å². The Hall–Kier alpha value is -1.24. The average Bonchev–Trinajstić information content (AvgIpc) is 2.36. The summed E-state index contributed by atoms with van der Waals surface area (Å²) in [5.74, 6) is 0. The molecule has 1 saturated heterocycles. The largest absolute Gasteiger partial charge is 0.465 e. The molecule has 4 heteroatoms. The zero-order valence-corrected chi connectivity index (χ0v) is 6.16. The topological polar surface area (TPSA) is 64.3 Å². The van der Waals surface area contributed by atoms with Crippen molar-refractivity contribution < 1.29 is 9.90 Å². The molecule has 1 fully saturated rings. The lowest BCUT2D eigenvalue weighted by molar-refractivity contribution is 0.141. The summed E-state index contributed by atoms with van der Waals surface area (Å²) in [4.78, 5) is 11.9. The van der Waals surface area contributed by atoms with Gasteiger partial charge >= 0.3 is 6.09 Å². The van der Waals surface area contributed by atoms with E-state index in [1.807, 2.05) is 6.07 Å². The Kier molecular flexibility index (Phi) is 2.32. The van der Waals surface area contributed by atoms with Crippen molar-refractivity contribution in [2.24, 2.45) is 0 Å². The normalized spacial score (nSPS) is 23.2. The fraction of sp³-hybridized carbons (Fsp3) is 0.714. The molecule has 0 unspecified atom stereocenters. The smallest absolute Gasteiger partial charge is 0.407 e. The Morgan fingerprint density at radius 3 is 3.09 bits per heavy atom. The molecule has 11 heavy (non-hydrogen) atoms. The van der Waals surface area contributed by atoms with Crippen LogP contribution in [0.2, 0.25) is 0 Å². The van der Waals surface area contributed by atoms with Crippen molar-refractivity contribution in [3.63, 3.8) is 0 Å². The molecule has 1 aliphatic heterocycles. The summed E-state index contributed by atoms with van der Waals surface area (Å²) in [6.07, 6.45) is 1.15. The zero-order chi connectivity index (χ0) is 8.27. The Labute approximate surface area is 65.0 Å². The van der Waals surface area contributed by atoms with Crippen LogP contribution in [0.1, 0.15) is 19.3 Å². The second-order valence-electron chi connectivity index (χ2n) is 2.63. The number of rotatable bonds is 1. The van der Waals surface area contributed by atoms with Crippen LogP contribution in [0.4, 0.5) is 4.79 Å². The summed E-state index contributed by atoms with van der Waals surface area (Å²) in [6.45, 7) is 0.585. The van der Waals surface area contributed by atoms with E-state index >= 15 is 0 Å². The maximum atomic E-state index is 10.5. The third-order valence-electron chi connectivity index (χ3n) is 1.95. The molecule has 0 radical (unpaired) electrons. The van der Waals surface area contributed by atoms with E-state index in [0.717, 1.165) is 12.8 Å². The fourth-order valence-electron chi connectivity index (χ4n) is 1.41. The lowest BCUT2D eigenvalue weighted by Gasteiger charge is -2.18. The average molecular weight is 154 g/mol. The molecule has 1 N–H and O–H groups in total. The predicted octanol–water partition coefficient (Wildman–Crippen LogP) is 1.04. The number of amides is 1. The first-order valence-electron chi connectivity index (χ1n) is 3.62. The van der Waals surface area contributed by atoms with E-state index in [-0.39, 0.29) is 6.04 Å². The van der Waals surface area contributed by atoms with Gasteiger partial charge in [-0.15, -0.1) is 0 Å². The second kappa shape index (κ2) is 3.24. The van der Waals surface area contributed by atoms with Crippen molar-refractivity contribution >= 4 is 6.09 Å². The highest BCUT2D eigenvalue weighted by Gasteiger charge is 2.27. The van der Waals surface area contributed by atoms with Crippen LogP contribution in [-0.4, -0.2) is 28.7 Å². The molecule has 0 aromatic rings. The number of hydrogen-bond acceptors (Lipinski definition) is 2. The van der Waals surface area contributed by atoms with Gasteiger partial charge in [0, 0.05) is 12.6 Å². The van der Waals surface area contributed by atoms with E-state index < -0.39 is 6.09 Å². The summed E-state index contributed by atoms with van der Waals surface area (Å²) in [5, 5.41) is 17.0. The van der Waals surface area contributed by atoms with Crippen molar-refractivity contribution in [1.82, 2.24) is 4.90 Å². The van der Waals surface area contributed by atoms with Gasteiger partial charge in [0.2, 0.25) is 0 Å². The molecule has 1 aliphatic rings. The highest BCUT2D eigenvalue weighted by Crippen LogP contribution is 2.19. The number of carbonyl (C=O) groups is 1. The van der Waals surface area contributed by atoms with Gasteiger partial charge in [0.1, 0.15) is 0 Å². The van der Waals surface area contributed by atoms with Crippen LogP contribution in [0.5, 0.6) is 0 Å². The quantitative estimate of drug-likeness (QED) is 0.613. The SMILES string of the molecule is N#CC[C@@H]1CCCN1C(=O)O. The molecule has 0 aromatic carbocycles. The minimum absolute atomic E-state index is 0.0579. The molecule has 1 atom stereocenters. The predicted molar refractivity (Wildman–Crippen MR) is 38.0 cm³/mol. The molecule has 1 heterocycles. The van der Waals surface area contributed by atoms with Gasteiger partial charge in [-0.3, -0.25) is 0 Å². The third kappa shape index (κ3) is 1.61. The molecule has 4 nitrogen and oxygen atoms in total. The van der Waals surface area contributed by atoms with Crippen LogP contribution in [0.25, 0.3) is 0 Å². The first-order chi connectivity index (χ1) is 5.25. The van der Waals surface area contributed by atoms with Gasteiger partial charge in [0.05, 0.1) is 12.5 Å². The van der Waals surface area contributed by atoms with E-state index in [4.69, 9.17) is 10.4 Å². The summed E-state index contributed by atoms with van der Waals surface area (Å²) in [5.41, 5.74) is 0. The summed E-state index contributed by atoms with van der Waals surface area (Å²) in [7, 11) is 0. The van der Waals surface area contributed by atoms with Gasteiger partial charge < -0.3 is 10.0 Å². The number of nitrogens with zero attached hydrogens (tertiary/aromatic N) is 2. The minimum atomic E-state index is -0.900. The van der Waals surface area contributed by atoms with Crippen molar-refractivity contribution in [1.29, 1.82) is 5.26 Å². The Morgan fingerprint density at radius 2 is 2.55 bits per heavy atom. The van der Waals surface area contributed by atoms with Gasteiger partial charge in [0.15, 0.2) is 0 Å². The highest BCUT2D eigenvalue weighted by atomic mass is 16.4. The number of nitriles is 1. The molecular formula is C7H10N2O2. The molecule has 1 amide bonds. The Bertz CT molecular complexity index is 197. The molecule has 60 valence electrons. The van der Waals surface area contributed by atoms with Crippen LogP contribution in [0.15, 0.2) is 0 Å². The number of hydrogen-bond donors (Lipinski definition) is 1. The van der Waals surface area contributed by atoms with E-state index in [2.05, 4.69) is 0 Å². The standard InChI is InChI=1S/C7H10N2O2/c8-4-3-6-2-1-5-9(6)7(10)11/h6H,1-3,5H2,(H,10,11)/t6-/m0/s1. The highest BCUT2D eigenvalue weighted by molar-refractivity contribution is 5.65. The lowest BCUT2D eigenvalue weighted by Crippen LogP contribution is -2.33. The molecule has 0 aliphatic carbocycles. The van der Waals surface area contributed by atoms with Gasteiger partial charge in [-0.2, -0.15) is 5.26 Å². The first-order valence-corrected chi connectivity index (χ1v) is 3.62. The van der Waals surface area contributed by atoms with Crippen LogP contribution in [0, 0.1) is 11.3 Å².